The lowest BCUT2D eigenvalue weighted by atomic mass is 10.1. The van der Waals surface area contributed by atoms with Crippen molar-refractivity contribution < 1.29 is 32.2 Å². The van der Waals surface area contributed by atoms with E-state index in [1.54, 1.807) is 43.3 Å². The molecule has 4 aromatic rings. The lowest BCUT2D eigenvalue weighted by molar-refractivity contribution is -0.137. The van der Waals surface area contributed by atoms with Crippen LogP contribution in [-0.4, -0.2) is 15.6 Å². The molecule has 0 aliphatic carbocycles. The number of rotatable bonds is 6. The molecule has 0 saturated heterocycles. The summed E-state index contributed by atoms with van der Waals surface area (Å²) in [5.74, 6) is -1.75. The van der Waals surface area contributed by atoms with E-state index in [2.05, 4.69) is 0 Å². The predicted octanol–water partition coefficient (Wildman–Crippen LogP) is 7.85. The summed E-state index contributed by atoms with van der Waals surface area (Å²) in [5, 5.41) is 9.95. The number of benzene rings is 3. The molecule has 36 heavy (non-hydrogen) atoms. The highest BCUT2D eigenvalue weighted by Gasteiger charge is 2.31. The Labute approximate surface area is 209 Å². The molecule has 0 aliphatic rings. The number of aromatic nitrogens is 1. The minimum Gasteiger partial charge on any atom is -0.488 e. The molecule has 1 heterocycles. The van der Waals surface area contributed by atoms with Crippen LogP contribution in [0, 0.1) is 19.7 Å². The van der Waals surface area contributed by atoms with Gasteiger partial charge in [-0.2, -0.15) is 13.2 Å². The van der Waals surface area contributed by atoms with E-state index in [1.165, 1.54) is 0 Å². The van der Waals surface area contributed by atoms with E-state index in [9.17, 15) is 27.5 Å². The van der Waals surface area contributed by atoms with Gasteiger partial charge in [-0.05, 0) is 74.0 Å². The third-order valence-corrected chi connectivity index (χ3v) is 6.00. The number of hydrogen-bond acceptors (Lipinski definition) is 2. The van der Waals surface area contributed by atoms with Crippen LogP contribution in [0.5, 0.6) is 5.75 Å². The summed E-state index contributed by atoms with van der Waals surface area (Å²) in [6.45, 7) is 3.25. The Bertz CT molecular complexity index is 1460. The second-order valence-electron chi connectivity index (χ2n) is 8.23. The van der Waals surface area contributed by atoms with Crippen LogP contribution in [0.4, 0.5) is 17.6 Å². The first-order valence-electron chi connectivity index (χ1n) is 10.8. The minimum atomic E-state index is -4.65. The molecular formula is C27H20ClF4NO3. The first-order chi connectivity index (χ1) is 17.0. The van der Waals surface area contributed by atoms with Crippen LogP contribution in [0.2, 0.25) is 5.02 Å². The second kappa shape index (κ2) is 9.70. The number of nitrogens with zero attached hydrogens (tertiary/aromatic N) is 1. The number of carboxylic acid groups (broad SMARTS) is 1. The fourth-order valence-corrected chi connectivity index (χ4v) is 4.07. The molecule has 4 nitrogen and oxygen atoms in total. The maximum atomic E-state index is 14.3. The van der Waals surface area contributed by atoms with Gasteiger partial charge in [-0.15, -0.1) is 0 Å². The first kappa shape index (κ1) is 25.3. The van der Waals surface area contributed by atoms with E-state index < -0.39 is 23.5 Å². The van der Waals surface area contributed by atoms with E-state index in [0.29, 0.717) is 39.3 Å². The Morgan fingerprint density at radius 3 is 2.42 bits per heavy atom. The molecule has 1 aromatic heterocycles. The number of carbonyl (C=O) groups is 1. The molecular weight excluding hydrogens is 498 g/mol. The zero-order valence-electron chi connectivity index (χ0n) is 19.2. The maximum absolute atomic E-state index is 14.3. The Balaban J connectivity index is 1.73. The number of halogens is 5. The van der Waals surface area contributed by atoms with Crippen molar-refractivity contribution in [3.8, 4) is 22.7 Å². The largest absolute Gasteiger partial charge is 0.488 e. The molecule has 0 fully saturated rings. The van der Waals surface area contributed by atoms with Crippen molar-refractivity contribution in [3.63, 3.8) is 0 Å². The van der Waals surface area contributed by atoms with Crippen LogP contribution < -0.4 is 4.74 Å². The van der Waals surface area contributed by atoms with Gasteiger partial charge in [0.05, 0.1) is 16.8 Å². The number of carboxylic acids is 1. The maximum Gasteiger partial charge on any atom is 0.416 e. The van der Waals surface area contributed by atoms with E-state index in [1.807, 2.05) is 23.6 Å². The van der Waals surface area contributed by atoms with Crippen molar-refractivity contribution in [1.82, 2.24) is 4.57 Å². The van der Waals surface area contributed by atoms with Gasteiger partial charge in [-0.1, -0.05) is 23.7 Å². The zero-order valence-corrected chi connectivity index (χ0v) is 19.9. The van der Waals surface area contributed by atoms with Crippen molar-refractivity contribution in [2.24, 2.45) is 0 Å². The zero-order chi connectivity index (χ0) is 26.2. The molecule has 0 spiro atoms. The van der Waals surface area contributed by atoms with E-state index in [-0.39, 0.29) is 17.7 Å². The number of aryl methyl sites for hydroxylation is 2. The molecule has 1 N–H and O–H groups in total. The van der Waals surface area contributed by atoms with Crippen molar-refractivity contribution in [1.29, 1.82) is 0 Å². The molecule has 186 valence electrons. The van der Waals surface area contributed by atoms with E-state index in [0.717, 1.165) is 17.8 Å². The van der Waals surface area contributed by atoms with E-state index in [4.69, 9.17) is 16.3 Å². The molecule has 0 aliphatic heterocycles. The highest BCUT2D eigenvalue weighted by atomic mass is 35.5. The molecule has 0 bridgehead atoms. The summed E-state index contributed by atoms with van der Waals surface area (Å²) in [6.07, 6.45) is -4.65. The number of hydrogen-bond donors (Lipinski definition) is 1. The van der Waals surface area contributed by atoms with E-state index >= 15 is 0 Å². The summed E-state index contributed by atoms with van der Waals surface area (Å²) in [4.78, 5) is 11.7. The Morgan fingerprint density at radius 2 is 1.75 bits per heavy atom. The van der Waals surface area contributed by atoms with Gasteiger partial charge in [0.1, 0.15) is 18.2 Å². The van der Waals surface area contributed by atoms with Gasteiger partial charge in [0.2, 0.25) is 0 Å². The second-order valence-corrected chi connectivity index (χ2v) is 8.67. The SMILES string of the molecule is Cc1ccc(-n2c(C)ccc2-c2cc(Cl)ccc2OCc2ccc(C(F)(F)F)cc2F)cc1C(=O)O. The van der Waals surface area contributed by atoms with Gasteiger partial charge in [0, 0.05) is 27.5 Å². The third kappa shape index (κ3) is 5.09. The number of alkyl halides is 3. The normalized spacial score (nSPS) is 11.5. The first-order valence-corrected chi connectivity index (χ1v) is 11.1. The standard InChI is InChI=1S/C27H20ClF4NO3/c1-15-3-8-20(13-21(15)26(34)35)33-16(2)4-9-24(33)22-12-19(28)7-10-25(22)36-14-17-5-6-18(11-23(17)29)27(30,31)32/h3-13H,14H2,1-2H3,(H,34,35). The minimum absolute atomic E-state index is 0.0416. The molecule has 0 amide bonds. The van der Waals surface area contributed by atoms with Gasteiger partial charge < -0.3 is 14.4 Å². The molecule has 0 unspecified atom stereocenters. The topological polar surface area (TPSA) is 51.5 Å². The average Bonchev–Trinajstić information content (AvgIpc) is 3.19. The highest BCUT2D eigenvalue weighted by molar-refractivity contribution is 6.31. The smallest absolute Gasteiger partial charge is 0.416 e. The fourth-order valence-electron chi connectivity index (χ4n) is 3.90. The summed E-state index contributed by atoms with van der Waals surface area (Å²) < 4.78 is 60.6. The van der Waals surface area contributed by atoms with Crippen LogP contribution in [0.15, 0.2) is 66.7 Å². The summed E-state index contributed by atoms with van der Waals surface area (Å²) in [5.41, 5.74) is 2.25. The van der Waals surface area contributed by atoms with Gasteiger partial charge in [0.15, 0.2) is 0 Å². The van der Waals surface area contributed by atoms with Crippen molar-refractivity contribution >= 4 is 17.6 Å². The Morgan fingerprint density at radius 1 is 1.00 bits per heavy atom. The quantitative estimate of drug-likeness (QED) is 0.265. The Hall–Kier alpha value is -3.78. The highest BCUT2D eigenvalue weighted by Crippen LogP contribution is 2.37. The molecule has 9 heteroatoms. The molecule has 0 saturated carbocycles. The third-order valence-electron chi connectivity index (χ3n) is 5.77. The van der Waals surface area contributed by atoms with Crippen molar-refractivity contribution in [2.75, 3.05) is 0 Å². The van der Waals surface area contributed by atoms with Gasteiger partial charge in [0.25, 0.3) is 0 Å². The molecule has 0 atom stereocenters. The monoisotopic (exact) mass is 517 g/mol. The van der Waals surface area contributed by atoms with Crippen molar-refractivity contribution in [3.05, 3.63) is 106 Å². The van der Waals surface area contributed by atoms with Crippen LogP contribution in [0.3, 0.4) is 0 Å². The Kier molecular flexibility index (Phi) is 6.82. The lowest BCUT2D eigenvalue weighted by Gasteiger charge is -2.17. The molecule has 4 rings (SSSR count). The summed E-state index contributed by atoms with van der Waals surface area (Å²) in [7, 11) is 0. The fraction of sp³-hybridized carbons (Fsp3) is 0.148. The van der Waals surface area contributed by atoms with Crippen LogP contribution >= 0.6 is 11.6 Å². The summed E-state index contributed by atoms with van der Waals surface area (Å²) >= 11 is 6.25. The van der Waals surface area contributed by atoms with Crippen LogP contribution in [0.1, 0.15) is 32.7 Å². The van der Waals surface area contributed by atoms with Crippen LogP contribution in [-0.2, 0) is 12.8 Å². The predicted molar refractivity (Wildman–Crippen MR) is 128 cm³/mol. The number of ether oxygens (including phenoxy) is 1. The molecule has 0 radical (unpaired) electrons. The van der Waals surface area contributed by atoms with Crippen LogP contribution in [0.25, 0.3) is 16.9 Å². The van der Waals surface area contributed by atoms with Gasteiger partial charge in [-0.25, -0.2) is 9.18 Å². The average molecular weight is 518 g/mol. The number of aromatic carboxylic acids is 1. The van der Waals surface area contributed by atoms with Crippen molar-refractivity contribution in [2.45, 2.75) is 26.6 Å². The molecule has 3 aromatic carbocycles. The van der Waals surface area contributed by atoms with Gasteiger partial charge >= 0.3 is 12.1 Å². The van der Waals surface area contributed by atoms with Gasteiger partial charge in [-0.3, -0.25) is 0 Å². The summed E-state index contributed by atoms with van der Waals surface area (Å²) in [6, 6.07) is 15.8. The lowest BCUT2D eigenvalue weighted by Crippen LogP contribution is -2.08.